The second kappa shape index (κ2) is 4.85. The van der Waals surface area contributed by atoms with Gasteiger partial charge < -0.3 is 5.32 Å². The predicted octanol–water partition coefficient (Wildman–Crippen LogP) is 3.70. The molecule has 3 nitrogen and oxygen atoms in total. The summed E-state index contributed by atoms with van der Waals surface area (Å²) < 4.78 is 15.3. The molecule has 0 fully saturated rings. The summed E-state index contributed by atoms with van der Waals surface area (Å²) in [5.41, 5.74) is 3.17. The van der Waals surface area contributed by atoms with E-state index in [9.17, 15) is 4.39 Å². The molecular weight excluding hydrogens is 265 g/mol. The number of halogens is 2. The molecule has 0 bridgehead atoms. The van der Waals surface area contributed by atoms with E-state index < -0.39 is 0 Å². The molecule has 0 aliphatic heterocycles. The molecule has 0 saturated carbocycles. The Bertz CT molecular complexity index is 588. The Hall–Kier alpha value is -1.55. The second-order valence-corrected chi connectivity index (χ2v) is 5.35. The van der Waals surface area contributed by atoms with Crippen molar-refractivity contribution in [1.82, 2.24) is 9.78 Å². The Morgan fingerprint density at radius 1 is 1.42 bits per heavy atom. The molecule has 0 amide bonds. The first-order chi connectivity index (χ1) is 9.13. The van der Waals surface area contributed by atoms with Gasteiger partial charge >= 0.3 is 0 Å². The van der Waals surface area contributed by atoms with Crippen molar-refractivity contribution in [2.45, 2.75) is 25.3 Å². The van der Waals surface area contributed by atoms with Crippen molar-refractivity contribution in [3.63, 3.8) is 0 Å². The molecule has 1 atom stereocenters. The normalized spacial score (nSPS) is 18.2. The van der Waals surface area contributed by atoms with Crippen molar-refractivity contribution in [2.24, 2.45) is 7.05 Å². The molecule has 1 aliphatic rings. The minimum absolute atomic E-state index is 0.176. The standard InChI is InChI=1S/C14H15ClFN3/c1-19-14-4-2-3-13(12(14)8-17-19)18-11-6-9(15)5-10(16)7-11/h5-8,13,18H,2-4H2,1H3. The number of nitrogens with one attached hydrogen (secondary N) is 1. The van der Waals surface area contributed by atoms with Gasteiger partial charge in [0.1, 0.15) is 5.82 Å². The van der Waals surface area contributed by atoms with Gasteiger partial charge in [-0.15, -0.1) is 0 Å². The molecule has 3 rings (SSSR count). The molecule has 100 valence electrons. The zero-order chi connectivity index (χ0) is 13.4. The van der Waals surface area contributed by atoms with Crippen LogP contribution in [0.4, 0.5) is 10.1 Å². The number of anilines is 1. The number of rotatable bonds is 2. The fourth-order valence-electron chi connectivity index (χ4n) is 2.69. The Kier molecular flexibility index (Phi) is 3.19. The van der Waals surface area contributed by atoms with Gasteiger partial charge in [-0.3, -0.25) is 4.68 Å². The number of aryl methyl sites for hydroxylation is 1. The molecule has 1 heterocycles. The van der Waals surface area contributed by atoms with E-state index in [1.807, 2.05) is 17.9 Å². The maximum atomic E-state index is 13.3. The van der Waals surface area contributed by atoms with Gasteiger partial charge in [0, 0.05) is 29.0 Å². The summed E-state index contributed by atoms with van der Waals surface area (Å²) in [6.45, 7) is 0. The lowest BCUT2D eigenvalue weighted by atomic mass is 9.93. The van der Waals surface area contributed by atoms with Crippen LogP contribution in [-0.4, -0.2) is 9.78 Å². The van der Waals surface area contributed by atoms with E-state index in [-0.39, 0.29) is 11.9 Å². The van der Waals surface area contributed by atoms with Gasteiger partial charge in [-0.2, -0.15) is 5.10 Å². The lowest BCUT2D eigenvalue weighted by Gasteiger charge is -2.24. The molecule has 0 spiro atoms. The minimum atomic E-state index is -0.322. The second-order valence-electron chi connectivity index (χ2n) is 4.92. The monoisotopic (exact) mass is 279 g/mol. The van der Waals surface area contributed by atoms with Crippen LogP contribution in [0.25, 0.3) is 0 Å². The number of benzene rings is 1. The largest absolute Gasteiger partial charge is 0.378 e. The molecule has 1 aromatic carbocycles. The summed E-state index contributed by atoms with van der Waals surface area (Å²) in [7, 11) is 1.96. The molecule has 1 N–H and O–H groups in total. The average molecular weight is 280 g/mol. The van der Waals surface area contributed by atoms with E-state index in [0.29, 0.717) is 10.7 Å². The van der Waals surface area contributed by atoms with Crippen molar-refractivity contribution in [3.05, 3.63) is 46.5 Å². The number of fused-ring (bicyclic) bond motifs is 1. The highest BCUT2D eigenvalue weighted by Crippen LogP contribution is 2.32. The van der Waals surface area contributed by atoms with E-state index in [4.69, 9.17) is 11.6 Å². The number of hydrogen-bond donors (Lipinski definition) is 1. The van der Waals surface area contributed by atoms with Crippen molar-refractivity contribution in [2.75, 3.05) is 5.32 Å². The van der Waals surface area contributed by atoms with Gasteiger partial charge in [-0.1, -0.05) is 11.6 Å². The van der Waals surface area contributed by atoms with Crippen molar-refractivity contribution in [1.29, 1.82) is 0 Å². The van der Waals surface area contributed by atoms with Crippen molar-refractivity contribution in [3.8, 4) is 0 Å². The topological polar surface area (TPSA) is 29.9 Å². The average Bonchev–Trinajstić information content (AvgIpc) is 2.71. The van der Waals surface area contributed by atoms with Gasteiger partial charge in [0.05, 0.1) is 12.2 Å². The molecule has 19 heavy (non-hydrogen) atoms. The summed E-state index contributed by atoms with van der Waals surface area (Å²) in [5, 5.41) is 8.06. The Labute approximate surface area is 116 Å². The number of hydrogen-bond acceptors (Lipinski definition) is 2. The van der Waals surface area contributed by atoms with E-state index in [2.05, 4.69) is 10.4 Å². The number of nitrogens with zero attached hydrogens (tertiary/aromatic N) is 2. The van der Waals surface area contributed by atoms with Crippen LogP contribution in [0.15, 0.2) is 24.4 Å². The third kappa shape index (κ3) is 2.45. The lowest BCUT2D eigenvalue weighted by molar-refractivity contribution is 0.570. The highest BCUT2D eigenvalue weighted by Gasteiger charge is 2.23. The summed E-state index contributed by atoms with van der Waals surface area (Å²) in [6, 6.07) is 4.70. The minimum Gasteiger partial charge on any atom is -0.378 e. The fraction of sp³-hybridized carbons (Fsp3) is 0.357. The SMILES string of the molecule is Cn1ncc2c1CCCC2Nc1cc(F)cc(Cl)c1. The van der Waals surface area contributed by atoms with Crippen LogP contribution in [0.2, 0.25) is 5.02 Å². The zero-order valence-corrected chi connectivity index (χ0v) is 11.4. The van der Waals surface area contributed by atoms with Gasteiger partial charge in [0.15, 0.2) is 0 Å². The molecule has 2 aromatic rings. The van der Waals surface area contributed by atoms with Gasteiger partial charge in [-0.25, -0.2) is 4.39 Å². The molecule has 5 heteroatoms. The quantitative estimate of drug-likeness (QED) is 0.908. The first-order valence-corrected chi connectivity index (χ1v) is 6.74. The van der Waals surface area contributed by atoms with Crippen molar-refractivity contribution >= 4 is 17.3 Å². The highest BCUT2D eigenvalue weighted by atomic mass is 35.5. The summed E-state index contributed by atoms with van der Waals surface area (Å²) in [4.78, 5) is 0. The van der Waals surface area contributed by atoms with Crippen LogP contribution in [0, 0.1) is 5.82 Å². The fourth-order valence-corrected chi connectivity index (χ4v) is 2.92. The van der Waals surface area contributed by atoms with Crippen LogP contribution in [0.3, 0.4) is 0 Å². The van der Waals surface area contributed by atoms with Gasteiger partial charge in [0.25, 0.3) is 0 Å². The molecule has 0 radical (unpaired) electrons. The first kappa shape index (κ1) is 12.5. The third-order valence-electron chi connectivity index (χ3n) is 3.58. The van der Waals surface area contributed by atoms with Crippen LogP contribution in [0.1, 0.15) is 30.1 Å². The summed E-state index contributed by atoms with van der Waals surface area (Å²) in [5.74, 6) is -0.322. The van der Waals surface area contributed by atoms with E-state index in [1.165, 1.54) is 23.4 Å². The van der Waals surface area contributed by atoms with E-state index in [1.54, 1.807) is 6.07 Å². The van der Waals surface area contributed by atoms with Crippen LogP contribution in [-0.2, 0) is 13.5 Å². The molecule has 1 unspecified atom stereocenters. The van der Waals surface area contributed by atoms with Crippen LogP contribution >= 0.6 is 11.6 Å². The smallest absolute Gasteiger partial charge is 0.126 e. The van der Waals surface area contributed by atoms with E-state index in [0.717, 1.165) is 19.3 Å². The van der Waals surface area contributed by atoms with Crippen molar-refractivity contribution < 1.29 is 4.39 Å². The first-order valence-electron chi connectivity index (χ1n) is 6.37. The lowest BCUT2D eigenvalue weighted by Crippen LogP contribution is -2.17. The molecule has 1 aromatic heterocycles. The third-order valence-corrected chi connectivity index (χ3v) is 3.80. The number of aromatic nitrogens is 2. The molecular formula is C14H15ClFN3. The Balaban J connectivity index is 1.88. The van der Waals surface area contributed by atoms with Crippen LogP contribution in [0.5, 0.6) is 0 Å². The zero-order valence-electron chi connectivity index (χ0n) is 10.7. The Morgan fingerprint density at radius 2 is 2.26 bits per heavy atom. The van der Waals surface area contributed by atoms with E-state index >= 15 is 0 Å². The maximum Gasteiger partial charge on any atom is 0.126 e. The molecule has 1 aliphatic carbocycles. The highest BCUT2D eigenvalue weighted by molar-refractivity contribution is 6.30. The van der Waals surface area contributed by atoms with Crippen LogP contribution < -0.4 is 5.32 Å². The summed E-state index contributed by atoms with van der Waals surface area (Å²) in [6.07, 6.45) is 5.07. The maximum absolute atomic E-state index is 13.3. The summed E-state index contributed by atoms with van der Waals surface area (Å²) >= 11 is 5.88. The Morgan fingerprint density at radius 3 is 3.05 bits per heavy atom. The van der Waals surface area contributed by atoms with Gasteiger partial charge in [-0.05, 0) is 37.5 Å². The van der Waals surface area contributed by atoms with Gasteiger partial charge in [0.2, 0.25) is 0 Å². The molecule has 0 saturated heterocycles. The predicted molar refractivity (Wildman–Crippen MR) is 73.9 cm³/mol.